The molecule has 0 aliphatic carbocycles. The number of carbonyl (C=O) groups excluding carboxylic acids is 1. The van der Waals surface area contributed by atoms with Crippen LogP contribution in [0.4, 0.5) is 8.78 Å². The van der Waals surface area contributed by atoms with Crippen LogP contribution < -0.4 is 0 Å². The van der Waals surface area contributed by atoms with E-state index < -0.39 is 30.1 Å². The number of hydrogen-bond acceptors (Lipinski definition) is 2. The lowest BCUT2D eigenvalue weighted by molar-refractivity contribution is -0.145. The first-order valence-electron chi connectivity index (χ1n) is 6.31. The smallest absolute Gasteiger partial charge is 0.323 e. The first-order valence-corrected chi connectivity index (χ1v) is 6.31. The highest BCUT2D eigenvalue weighted by Gasteiger charge is 2.23. The molecule has 0 saturated heterocycles. The predicted molar refractivity (Wildman–Crippen MR) is 69.2 cm³/mol. The topological polar surface area (TPSA) is 57.6 Å². The van der Waals surface area contributed by atoms with Gasteiger partial charge < -0.3 is 10.0 Å². The van der Waals surface area contributed by atoms with Gasteiger partial charge in [0.25, 0.3) is 0 Å². The number of carbonyl (C=O) groups is 2. The molecule has 0 heterocycles. The van der Waals surface area contributed by atoms with Crippen LogP contribution in [0.25, 0.3) is 0 Å². The first kappa shape index (κ1) is 16.1. The average molecular weight is 285 g/mol. The van der Waals surface area contributed by atoms with E-state index in [1.165, 1.54) is 12.1 Å². The van der Waals surface area contributed by atoms with E-state index in [0.29, 0.717) is 6.42 Å². The van der Waals surface area contributed by atoms with E-state index in [0.717, 1.165) is 11.0 Å². The van der Waals surface area contributed by atoms with E-state index in [9.17, 15) is 18.4 Å². The minimum Gasteiger partial charge on any atom is -0.480 e. The van der Waals surface area contributed by atoms with Crippen molar-refractivity contribution in [2.45, 2.75) is 32.7 Å². The van der Waals surface area contributed by atoms with Gasteiger partial charge in [0.15, 0.2) is 11.6 Å². The zero-order chi connectivity index (χ0) is 15.3. The van der Waals surface area contributed by atoms with Gasteiger partial charge in [-0.05, 0) is 19.4 Å². The molecule has 110 valence electrons. The lowest BCUT2D eigenvalue weighted by Gasteiger charge is -2.27. The molecule has 0 bridgehead atoms. The van der Waals surface area contributed by atoms with Gasteiger partial charge in [-0.25, -0.2) is 8.78 Å². The number of aliphatic carboxylic acids is 1. The van der Waals surface area contributed by atoms with Crippen LogP contribution in [-0.2, 0) is 16.0 Å². The summed E-state index contributed by atoms with van der Waals surface area (Å²) in [5.41, 5.74) is -0.0753. The van der Waals surface area contributed by atoms with Crippen molar-refractivity contribution in [1.29, 1.82) is 0 Å². The number of nitrogens with zero attached hydrogens (tertiary/aromatic N) is 1. The minimum atomic E-state index is -1.14. The van der Waals surface area contributed by atoms with Crippen LogP contribution in [0, 0.1) is 11.6 Å². The number of benzene rings is 1. The summed E-state index contributed by atoms with van der Waals surface area (Å²) >= 11 is 0. The van der Waals surface area contributed by atoms with Crippen LogP contribution in [0.1, 0.15) is 25.8 Å². The van der Waals surface area contributed by atoms with E-state index in [1.54, 1.807) is 6.92 Å². The maximum atomic E-state index is 13.5. The summed E-state index contributed by atoms with van der Waals surface area (Å²) in [6.45, 7) is 3.07. The SMILES string of the molecule is CC[C@H](C)N(CC(=O)O)C(=O)Cc1cccc(F)c1F. The third kappa shape index (κ3) is 4.01. The molecule has 1 aromatic rings. The van der Waals surface area contributed by atoms with Gasteiger partial charge in [0.2, 0.25) is 5.91 Å². The van der Waals surface area contributed by atoms with Gasteiger partial charge in [-0.1, -0.05) is 19.1 Å². The fourth-order valence-corrected chi connectivity index (χ4v) is 1.81. The van der Waals surface area contributed by atoms with E-state index in [1.807, 2.05) is 6.92 Å². The Labute approximate surface area is 116 Å². The Bertz CT molecular complexity index is 505. The number of carboxylic acid groups (broad SMARTS) is 1. The van der Waals surface area contributed by atoms with E-state index in [2.05, 4.69) is 0 Å². The van der Waals surface area contributed by atoms with Gasteiger partial charge in [-0.2, -0.15) is 0 Å². The zero-order valence-corrected chi connectivity index (χ0v) is 11.4. The molecule has 20 heavy (non-hydrogen) atoms. The fraction of sp³-hybridized carbons (Fsp3) is 0.429. The molecular formula is C14H17F2NO3. The Hall–Kier alpha value is -1.98. The molecule has 1 N–H and O–H groups in total. The van der Waals surface area contributed by atoms with Crippen molar-refractivity contribution < 1.29 is 23.5 Å². The van der Waals surface area contributed by atoms with Crippen molar-refractivity contribution in [3.8, 4) is 0 Å². The minimum absolute atomic E-state index is 0.0753. The number of halogens is 2. The molecule has 1 rings (SSSR count). The summed E-state index contributed by atoms with van der Waals surface area (Å²) in [6.07, 6.45) is 0.214. The largest absolute Gasteiger partial charge is 0.480 e. The molecule has 0 aliphatic heterocycles. The predicted octanol–water partition coefficient (Wildman–Crippen LogP) is 2.22. The molecule has 0 aromatic heterocycles. The summed E-state index contributed by atoms with van der Waals surface area (Å²) in [5, 5.41) is 8.81. The molecule has 0 spiro atoms. The molecule has 1 aromatic carbocycles. The fourth-order valence-electron chi connectivity index (χ4n) is 1.81. The standard InChI is InChI=1S/C14H17F2NO3/c1-3-9(2)17(8-13(19)20)12(18)7-10-5-4-6-11(15)14(10)16/h4-6,9H,3,7-8H2,1-2H3,(H,19,20)/t9-/m0/s1. The highest BCUT2D eigenvalue weighted by Crippen LogP contribution is 2.14. The van der Waals surface area contributed by atoms with Crippen molar-refractivity contribution in [1.82, 2.24) is 4.90 Å². The molecule has 1 atom stereocenters. The van der Waals surface area contributed by atoms with Crippen molar-refractivity contribution in [2.24, 2.45) is 0 Å². The summed E-state index contributed by atoms with van der Waals surface area (Å²) in [6, 6.07) is 3.31. The number of rotatable bonds is 6. The van der Waals surface area contributed by atoms with Crippen LogP contribution in [0.2, 0.25) is 0 Å². The van der Waals surface area contributed by atoms with Gasteiger partial charge in [0.1, 0.15) is 6.54 Å². The number of amides is 1. The maximum Gasteiger partial charge on any atom is 0.323 e. The Morgan fingerprint density at radius 3 is 2.55 bits per heavy atom. The Morgan fingerprint density at radius 2 is 2.00 bits per heavy atom. The van der Waals surface area contributed by atoms with Crippen molar-refractivity contribution in [3.63, 3.8) is 0 Å². The maximum absolute atomic E-state index is 13.5. The lowest BCUT2D eigenvalue weighted by atomic mass is 10.1. The van der Waals surface area contributed by atoms with Crippen LogP contribution in [0.15, 0.2) is 18.2 Å². The number of hydrogen-bond donors (Lipinski definition) is 1. The van der Waals surface area contributed by atoms with Gasteiger partial charge in [-0.15, -0.1) is 0 Å². The van der Waals surface area contributed by atoms with Crippen molar-refractivity contribution in [3.05, 3.63) is 35.4 Å². The molecule has 6 heteroatoms. The molecule has 1 amide bonds. The molecule has 0 unspecified atom stereocenters. The lowest BCUT2D eigenvalue weighted by Crippen LogP contribution is -2.42. The van der Waals surface area contributed by atoms with Gasteiger partial charge in [0, 0.05) is 11.6 Å². The van der Waals surface area contributed by atoms with E-state index in [4.69, 9.17) is 5.11 Å². The molecule has 4 nitrogen and oxygen atoms in total. The van der Waals surface area contributed by atoms with Gasteiger partial charge in [0.05, 0.1) is 6.42 Å². The van der Waals surface area contributed by atoms with E-state index in [-0.39, 0.29) is 18.0 Å². The van der Waals surface area contributed by atoms with E-state index >= 15 is 0 Å². The summed E-state index contributed by atoms with van der Waals surface area (Å²) in [5.74, 6) is -3.77. The first-order chi connectivity index (χ1) is 9.36. The monoisotopic (exact) mass is 285 g/mol. The second-order valence-corrected chi connectivity index (χ2v) is 4.56. The second-order valence-electron chi connectivity index (χ2n) is 4.56. The molecular weight excluding hydrogens is 268 g/mol. The van der Waals surface area contributed by atoms with Crippen molar-refractivity contribution in [2.75, 3.05) is 6.54 Å². The van der Waals surface area contributed by atoms with Gasteiger partial charge >= 0.3 is 5.97 Å². The second kappa shape index (κ2) is 6.98. The highest BCUT2D eigenvalue weighted by atomic mass is 19.2. The summed E-state index contributed by atoms with van der Waals surface area (Å²) in [4.78, 5) is 24.0. The molecule has 0 saturated carbocycles. The Balaban J connectivity index is 2.90. The Kier molecular flexibility index (Phi) is 5.61. The normalized spacial score (nSPS) is 12.0. The molecule has 0 aliphatic rings. The third-order valence-electron chi connectivity index (χ3n) is 3.12. The third-order valence-corrected chi connectivity index (χ3v) is 3.12. The average Bonchev–Trinajstić information content (AvgIpc) is 2.40. The van der Waals surface area contributed by atoms with Crippen molar-refractivity contribution >= 4 is 11.9 Å². The molecule has 0 radical (unpaired) electrons. The molecule has 0 fully saturated rings. The highest BCUT2D eigenvalue weighted by molar-refractivity contribution is 5.83. The van der Waals surface area contributed by atoms with Crippen LogP contribution in [0.3, 0.4) is 0 Å². The van der Waals surface area contributed by atoms with Crippen LogP contribution >= 0.6 is 0 Å². The number of carboxylic acids is 1. The van der Waals surface area contributed by atoms with Gasteiger partial charge in [-0.3, -0.25) is 9.59 Å². The van der Waals surface area contributed by atoms with Crippen LogP contribution in [0.5, 0.6) is 0 Å². The summed E-state index contributed by atoms with van der Waals surface area (Å²) < 4.78 is 26.6. The summed E-state index contributed by atoms with van der Waals surface area (Å²) in [7, 11) is 0. The van der Waals surface area contributed by atoms with Crippen LogP contribution in [-0.4, -0.2) is 34.5 Å². The Morgan fingerprint density at radius 1 is 1.35 bits per heavy atom. The quantitative estimate of drug-likeness (QED) is 0.872. The zero-order valence-electron chi connectivity index (χ0n) is 11.4.